The highest BCUT2D eigenvalue weighted by Gasteiger charge is 2.26. The molecule has 1 saturated heterocycles. The van der Waals surface area contributed by atoms with Crippen LogP contribution in [0.2, 0.25) is 0 Å². The second-order valence-electron chi connectivity index (χ2n) is 6.86. The molecule has 31 heavy (non-hydrogen) atoms. The number of carbonyl (C=O) groups is 1. The van der Waals surface area contributed by atoms with Gasteiger partial charge in [0.25, 0.3) is 5.91 Å². The Balaban J connectivity index is 1.50. The number of hydrogen-bond acceptors (Lipinski definition) is 6. The number of hydrogen-bond donors (Lipinski definition) is 1. The van der Waals surface area contributed by atoms with Gasteiger partial charge >= 0.3 is 0 Å². The summed E-state index contributed by atoms with van der Waals surface area (Å²) in [5.41, 5.74) is 1.00. The van der Waals surface area contributed by atoms with Crippen molar-refractivity contribution in [1.82, 2.24) is 4.31 Å². The summed E-state index contributed by atoms with van der Waals surface area (Å²) in [5.74, 6) is 0.519. The molecule has 1 aliphatic rings. The lowest BCUT2D eigenvalue weighted by Gasteiger charge is -2.26. The molecule has 0 atom stereocenters. The fraction of sp³-hybridized carbons (Fsp3) is 0.227. The Morgan fingerprint density at radius 1 is 1.06 bits per heavy atom. The lowest BCUT2D eigenvalue weighted by atomic mass is 10.2. The predicted molar refractivity (Wildman–Crippen MR) is 124 cm³/mol. The average molecular weight is 475 g/mol. The molecule has 1 aliphatic heterocycles. The number of nitrogens with zero attached hydrogens (tertiary/aromatic N) is 1. The standard InChI is InChI=1S/C22H22N2O4S3/c25-22(20-8-1-2-9-21(20)30-16-18-6-4-14-29-18)23-17-5-3-7-19(15-17)31(26,27)24-10-12-28-13-11-24/h1-9,14-15H,10-13,16H2,(H,23,25). The van der Waals surface area contributed by atoms with Crippen LogP contribution in [0.3, 0.4) is 0 Å². The number of ether oxygens (including phenoxy) is 1. The van der Waals surface area contributed by atoms with E-state index in [0.717, 1.165) is 10.6 Å². The van der Waals surface area contributed by atoms with Gasteiger partial charge in [0.05, 0.1) is 23.7 Å². The lowest BCUT2D eigenvalue weighted by molar-refractivity contribution is 0.0730. The first-order chi connectivity index (χ1) is 15.0. The van der Waals surface area contributed by atoms with Gasteiger partial charge in [-0.15, -0.1) is 23.1 Å². The molecule has 3 aromatic rings. The summed E-state index contributed by atoms with van der Waals surface area (Å²) in [6.45, 7) is 1.42. The maximum Gasteiger partial charge on any atom is 0.256 e. The Hall–Kier alpha value is -2.17. The highest BCUT2D eigenvalue weighted by Crippen LogP contribution is 2.29. The first-order valence-electron chi connectivity index (χ1n) is 9.77. The van der Waals surface area contributed by atoms with Crippen molar-refractivity contribution >= 4 is 44.7 Å². The molecule has 0 radical (unpaired) electrons. The van der Waals surface area contributed by atoms with Gasteiger partial charge in [-0.1, -0.05) is 24.3 Å². The number of rotatable bonds is 7. The van der Waals surface area contributed by atoms with Crippen LogP contribution in [0.5, 0.6) is 0 Å². The number of amides is 1. The molecule has 162 valence electrons. The van der Waals surface area contributed by atoms with Crippen LogP contribution < -0.4 is 5.32 Å². The molecular formula is C22H22N2O4S3. The van der Waals surface area contributed by atoms with E-state index in [9.17, 15) is 13.2 Å². The van der Waals surface area contributed by atoms with E-state index in [1.165, 1.54) is 15.2 Å². The van der Waals surface area contributed by atoms with Crippen molar-refractivity contribution in [2.45, 2.75) is 15.5 Å². The second kappa shape index (κ2) is 9.97. The van der Waals surface area contributed by atoms with E-state index in [1.807, 2.05) is 29.6 Å². The third kappa shape index (κ3) is 5.36. The third-order valence-corrected chi connectivity index (χ3v) is 8.86. The molecule has 1 amide bonds. The number of thioether (sulfide) groups is 1. The van der Waals surface area contributed by atoms with E-state index >= 15 is 0 Å². The minimum absolute atomic E-state index is 0.160. The SMILES string of the molecule is O=C(Nc1cccc(S(=O)(=O)N2CCOCC2)c1)c1ccccc1SCc1cccs1. The molecule has 0 unspecified atom stereocenters. The van der Waals surface area contributed by atoms with Crippen molar-refractivity contribution < 1.29 is 17.9 Å². The molecule has 2 aromatic carbocycles. The van der Waals surface area contributed by atoms with Crippen molar-refractivity contribution in [2.24, 2.45) is 0 Å². The number of morpholine rings is 1. The number of anilines is 1. The van der Waals surface area contributed by atoms with Crippen LogP contribution in [0.4, 0.5) is 5.69 Å². The lowest BCUT2D eigenvalue weighted by Crippen LogP contribution is -2.40. The molecule has 1 N–H and O–H groups in total. The molecule has 4 rings (SSSR count). The first-order valence-corrected chi connectivity index (χ1v) is 13.1. The first kappa shape index (κ1) is 22.0. The van der Waals surface area contributed by atoms with E-state index in [-0.39, 0.29) is 10.8 Å². The molecule has 0 bridgehead atoms. The maximum atomic E-state index is 13.0. The smallest absolute Gasteiger partial charge is 0.256 e. The van der Waals surface area contributed by atoms with Gasteiger partial charge in [-0.3, -0.25) is 4.79 Å². The minimum atomic E-state index is -3.63. The zero-order valence-corrected chi connectivity index (χ0v) is 19.1. The van der Waals surface area contributed by atoms with Crippen LogP contribution in [0.25, 0.3) is 0 Å². The largest absolute Gasteiger partial charge is 0.379 e. The molecular weight excluding hydrogens is 452 g/mol. The van der Waals surface area contributed by atoms with Gasteiger partial charge in [0, 0.05) is 34.3 Å². The van der Waals surface area contributed by atoms with Crippen molar-refractivity contribution in [1.29, 1.82) is 0 Å². The zero-order chi connectivity index (χ0) is 21.7. The van der Waals surface area contributed by atoms with Gasteiger partial charge in [-0.2, -0.15) is 4.31 Å². The molecule has 0 aliphatic carbocycles. The summed E-state index contributed by atoms with van der Waals surface area (Å²) in [6, 6.07) is 17.9. The summed E-state index contributed by atoms with van der Waals surface area (Å²) in [7, 11) is -3.63. The van der Waals surface area contributed by atoms with Crippen molar-refractivity contribution in [3.05, 3.63) is 76.5 Å². The van der Waals surface area contributed by atoms with Crippen LogP contribution in [0.15, 0.2) is 75.8 Å². The monoisotopic (exact) mass is 474 g/mol. The molecule has 0 saturated carbocycles. The quantitative estimate of drug-likeness (QED) is 0.517. The van der Waals surface area contributed by atoms with E-state index < -0.39 is 10.0 Å². The highest BCUT2D eigenvalue weighted by atomic mass is 32.2. The van der Waals surface area contributed by atoms with Gasteiger partial charge in [-0.25, -0.2) is 8.42 Å². The summed E-state index contributed by atoms with van der Waals surface area (Å²) in [4.78, 5) is 15.2. The number of nitrogens with one attached hydrogen (secondary N) is 1. The van der Waals surface area contributed by atoms with E-state index in [4.69, 9.17) is 4.74 Å². The Bertz CT molecular complexity index is 1140. The Kier molecular flexibility index (Phi) is 7.09. The van der Waals surface area contributed by atoms with Gasteiger partial charge in [0.15, 0.2) is 0 Å². The molecule has 1 fully saturated rings. The van der Waals surface area contributed by atoms with Crippen LogP contribution in [0.1, 0.15) is 15.2 Å². The van der Waals surface area contributed by atoms with E-state index in [1.54, 1.807) is 47.4 Å². The van der Waals surface area contributed by atoms with E-state index in [0.29, 0.717) is 37.6 Å². The normalized spacial score (nSPS) is 15.0. The molecule has 1 aromatic heterocycles. The van der Waals surface area contributed by atoms with Gasteiger partial charge in [-0.05, 0) is 41.8 Å². The van der Waals surface area contributed by atoms with Crippen molar-refractivity contribution in [3.63, 3.8) is 0 Å². The average Bonchev–Trinajstić information content (AvgIpc) is 3.32. The third-order valence-electron chi connectivity index (χ3n) is 4.78. The summed E-state index contributed by atoms with van der Waals surface area (Å²) in [5, 5.41) is 4.88. The summed E-state index contributed by atoms with van der Waals surface area (Å²) < 4.78 is 32.5. The van der Waals surface area contributed by atoms with Gasteiger partial charge in [0.2, 0.25) is 10.0 Å². The fourth-order valence-corrected chi connectivity index (χ4v) is 6.47. The number of carbonyl (C=O) groups excluding carboxylic acids is 1. The van der Waals surface area contributed by atoms with Crippen molar-refractivity contribution in [2.75, 3.05) is 31.6 Å². The van der Waals surface area contributed by atoms with E-state index in [2.05, 4.69) is 11.4 Å². The van der Waals surface area contributed by atoms with Crippen LogP contribution in [0, 0.1) is 0 Å². The van der Waals surface area contributed by atoms with Gasteiger partial charge < -0.3 is 10.1 Å². The maximum absolute atomic E-state index is 13.0. The van der Waals surface area contributed by atoms with Crippen LogP contribution in [-0.2, 0) is 20.5 Å². The molecule has 0 spiro atoms. The Morgan fingerprint density at radius 2 is 1.87 bits per heavy atom. The number of thiophene rings is 1. The fourth-order valence-electron chi connectivity index (χ4n) is 3.19. The Morgan fingerprint density at radius 3 is 2.65 bits per heavy atom. The van der Waals surface area contributed by atoms with Crippen molar-refractivity contribution in [3.8, 4) is 0 Å². The van der Waals surface area contributed by atoms with Crippen LogP contribution >= 0.6 is 23.1 Å². The molecule has 6 nitrogen and oxygen atoms in total. The molecule has 9 heteroatoms. The number of sulfonamides is 1. The molecule has 2 heterocycles. The second-order valence-corrected chi connectivity index (χ2v) is 10.8. The van der Waals surface area contributed by atoms with Crippen LogP contribution in [-0.4, -0.2) is 44.9 Å². The topological polar surface area (TPSA) is 75.7 Å². The summed E-state index contributed by atoms with van der Waals surface area (Å²) >= 11 is 3.29. The Labute approximate surface area is 190 Å². The minimum Gasteiger partial charge on any atom is -0.379 e. The van der Waals surface area contributed by atoms with Gasteiger partial charge in [0.1, 0.15) is 0 Å². The zero-order valence-electron chi connectivity index (χ0n) is 16.7. The number of benzene rings is 2. The summed E-state index contributed by atoms with van der Waals surface area (Å²) in [6.07, 6.45) is 0. The highest BCUT2D eigenvalue weighted by molar-refractivity contribution is 7.98. The predicted octanol–water partition coefficient (Wildman–Crippen LogP) is 4.31.